The summed E-state index contributed by atoms with van der Waals surface area (Å²) in [5.74, 6) is 0.0483. The minimum Gasteiger partial charge on any atom is -0.384 e. The molecule has 1 aromatic carbocycles. The van der Waals surface area contributed by atoms with Gasteiger partial charge >= 0.3 is 0 Å². The summed E-state index contributed by atoms with van der Waals surface area (Å²) >= 11 is 0. The van der Waals surface area contributed by atoms with E-state index in [1.54, 1.807) is 6.92 Å². The van der Waals surface area contributed by atoms with Gasteiger partial charge in [0.05, 0.1) is 5.52 Å². The van der Waals surface area contributed by atoms with E-state index >= 15 is 0 Å². The summed E-state index contributed by atoms with van der Waals surface area (Å²) in [6.07, 6.45) is 6.76. The van der Waals surface area contributed by atoms with Crippen molar-refractivity contribution in [2.24, 2.45) is 0 Å². The fourth-order valence-electron chi connectivity index (χ4n) is 3.30. The fraction of sp³-hybridized carbons (Fsp3) is 0.474. The Morgan fingerprint density at radius 1 is 1.13 bits per heavy atom. The molecule has 0 aliphatic heterocycles. The lowest BCUT2D eigenvalue weighted by molar-refractivity contribution is -0.118. The maximum atomic E-state index is 10.9. The third-order valence-electron chi connectivity index (χ3n) is 4.45. The van der Waals surface area contributed by atoms with E-state index in [1.165, 1.54) is 35.2 Å². The molecule has 0 bridgehead atoms. The number of rotatable bonds is 6. The smallest absolute Gasteiger partial charge is 0.216 e. The zero-order valence-electron chi connectivity index (χ0n) is 13.8. The van der Waals surface area contributed by atoms with Crippen molar-refractivity contribution in [1.82, 2.24) is 10.3 Å². The van der Waals surface area contributed by atoms with Gasteiger partial charge in [0.2, 0.25) is 5.91 Å². The number of hydrogen-bond donors (Lipinski definition) is 2. The SMILES string of the molecule is CC(=O)NCCCCNc1c2c(nc3ccccc13)CCCC2. The number of para-hydroxylation sites is 1. The number of fused-ring (bicyclic) bond motifs is 2. The van der Waals surface area contributed by atoms with Crippen molar-refractivity contribution in [2.75, 3.05) is 18.4 Å². The minimum atomic E-state index is 0.0483. The van der Waals surface area contributed by atoms with Crippen LogP contribution in [-0.2, 0) is 17.6 Å². The molecule has 3 rings (SSSR count). The Balaban J connectivity index is 1.72. The lowest BCUT2D eigenvalue weighted by atomic mass is 9.92. The molecule has 0 atom stereocenters. The molecule has 0 saturated heterocycles. The predicted molar refractivity (Wildman–Crippen MR) is 94.8 cm³/mol. The van der Waals surface area contributed by atoms with Gasteiger partial charge in [0.25, 0.3) is 0 Å². The summed E-state index contributed by atoms with van der Waals surface area (Å²) in [5, 5.41) is 7.73. The number of nitrogens with zero attached hydrogens (tertiary/aromatic N) is 1. The molecule has 0 spiro atoms. The van der Waals surface area contributed by atoms with Crippen LogP contribution in [0, 0.1) is 0 Å². The first-order chi connectivity index (χ1) is 11.3. The number of aryl methyl sites for hydroxylation is 1. The molecular weight excluding hydrogens is 286 g/mol. The first kappa shape index (κ1) is 15.8. The van der Waals surface area contributed by atoms with Crippen LogP contribution in [0.2, 0.25) is 0 Å². The van der Waals surface area contributed by atoms with Crippen molar-refractivity contribution in [2.45, 2.75) is 45.4 Å². The Hall–Kier alpha value is -2.10. The van der Waals surface area contributed by atoms with Gasteiger partial charge in [0.15, 0.2) is 0 Å². The monoisotopic (exact) mass is 311 g/mol. The molecule has 1 amide bonds. The van der Waals surface area contributed by atoms with Crippen LogP contribution in [0.4, 0.5) is 5.69 Å². The summed E-state index contributed by atoms with van der Waals surface area (Å²) in [7, 11) is 0. The summed E-state index contributed by atoms with van der Waals surface area (Å²) in [5.41, 5.74) is 5.06. The predicted octanol–water partition coefficient (Wildman–Crippen LogP) is 3.44. The number of anilines is 1. The molecule has 23 heavy (non-hydrogen) atoms. The number of amides is 1. The van der Waals surface area contributed by atoms with E-state index in [-0.39, 0.29) is 5.91 Å². The standard InChI is InChI=1S/C19H25N3O/c1-14(23)20-12-6-7-13-21-19-15-8-2-4-10-17(15)22-18-11-5-3-9-16(18)19/h2,4,8,10H,3,5-7,9,11-13H2,1H3,(H,20,23)(H,21,22). The van der Waals surface area contributed by atoms with Crippen LogP contribution < -0.4 is 10.6 Å². The summed E-state index contributed by atoms with van der Waals surface area (Å²) < 4.78 is 0. The molecule has 0 saturated carbocycles. The largest absolute Gasteiger partial charge is 0.384 e. The Morgan fingerprint density at radius 2 is 1.91 bits per heavy atom. The van der Waals surface area contributed by atoms with E-state index in [0.717, 1.165) is 44.3 Å². The molecule has 4 heteroatoms. The van der Waals surface area contributed by atoms with Gasteiger partial charge in [-0.3, -0.25) is 9.78 Å². The highest BCUT2D eigenvalue weighted by Gasteiger charge is 2.17. The van der Waals surface area contributed by atoms with Gasteiger partial charge in [-0.2, -0.15) is 0 Å². The number of pyridine rings is 1. The Kier molecular flexibility index (Phi) is 5.11. The zero-order chi connectivity index (χ0) is 16.1. The van der Waals surface area contributed by atoms with Gasteiger partial charge in [-0.1, -0.05) is 18.2 Å². The van der Waals surface area contributed by atoms with E-state index in [1.807, 2.05) is 0 Å². The molecule has 1 aliphatic rings. The van der Waals surface area contributed by atoms with Crippen LogP contribution in [0.3, 0.4) is 0 Å². The molecule has 1 aromatic heterocycles. The minimum absolute atomic E-state index is 0.0483. The second-order valence-electron chi connectivity index (χ2n) is 6.25. The van der Waals surface area contributed by atoms with E-state index < -0.39 is 0 Å². The first-order valence-corrected chi connectivity index (χ1v) is 8.64. The van der Waals surface area contributed by atoms with Gasteiger partial charge in [0.1, 0.15) is 0 Å². The molecule has 122 valence electrons. The summed E-state index contributed by atoms with van der Waals surface area (Å²) in [6, 6.07) is 8.41. The van der Waals surface area contributed by atoms with Crippen LogP contribution in [0.25, 0.3) is 10.9 Å². The van der Waals surface area contributed by atoms with Crippen LogP contribution in [0.1, 0.15) is 43.9 Å². The quantitative estimate of drug-likeness (QED) is 0.804. The molecule has 1 aliphatic carbocycles. The van der Waals surface area contributed by atoms with Crippen LogP contribution in [-0.4, -0.2) is 24.0 Å². The first-order valence-electron chi connectivity index (χ1n) is 8.64. The van der Waals surface area contributed by atoms with E-state index in [4.69, 9.17) is 4.98 Å². The van der Waals surface area contributed by atoms with E-state index in [0.29, 0.717) is 0 Å². The Morgan fingerprint density at radius 3 is 2.78 bits per heavy atom. The second kappa shape index (κ2) is 7.44. The molecule has 0 fully saturated rings. The highest BCUT2D eigenvalue weighted by Crippen LogP contribution is 2.33. The van der Waals surface area contributed by atoms with Crippen molar-refractivity contribution in [3.8, 4) is 0 Å². The number of carbonyl (C=O) groups is 1. The third-order valence-corrected chi connectivity index (χ3v) is 4.45. The van der Waals surface area contributed by atoms with Gasteiger partial charge in [0, 0.05) is 36.8 Å². The lowest BCUT2D eigenvalue weighted by Gasteiger charge is -2.21. The van der Waals surface area contributed by atoms with Crippen LogP contribution >= 0.6 is 0 Å². The maximum absolute atomic E-state index is 10.9. The van der Waals surface area contributed by atoms with Crippen molar-refractivity contribution < 1.29 is 4.79 Å². The molecule has 2 N–H and O–H groups in total. The molecule has 0 unspecified atom stereocenters. The average Bonchev–Trinajstić information content (AvgIpc) is 2.56. The Bertz CT molecular complexity index is 696. The average molecular weight is 311 g/mol. The second-order valence-corrected chi connectivity index (χ2v) is 6.25. The molecule has 2 aromatic rings. The van der Waals surface area contributed by atoms with E-state index in [9.17, 15) is 4.79 Å². The molecule has 4 nitrogen and oxygen atoms in total. The number of carbonyl (C=O) groups excluding carboxylic acids is 1. The lowest BCUT2D eigenvalue weighted by Crippen LogP contribution is -2.21. The van der Waals surface area contributed by atoms with Crippen molar-refractivity contribution in [1.29, 1.82) is 0 Å². The molecule has 0 radical (unpaired) electrons. The highest BCUT2D eigenvalue weighted by molar-refractivity contribution is 5.93. The van der Waals surface area contributed by atoms with Gasteiger partial charge in [-0.15, -0.1) is 0 Å². The Labute approximate surface area is 137 Å². The number of aromatic nitrogens is 1. The number of benzene rings is 1. The van der Waals surface area contributed by atoms with Gasteiger partial charge in [-0.05, 0) is 50.2 Å². The van der Waals surface area contributed by atoms with Crippen LogP contribution in [0.5, 0.6) is 0 Å². The van der Waals surface area contributed by atoms with Gasteiger partial charge < -0.3 is 10.6 Å². The van der Waals surface area contributed by atoms with Crippen molar-refractivity contribution >= 4 is 22.5 Å². The molecule has 1 heterocycles. The maximum Gasteiger partial charge on any atom is 0.216 e. The topological polar surface area (TPSA) is 54.0 Å². The zero-order valence-corrected chi connectivity index (χ0v) is 13.8. The van der Waals surface area contributed by atoms with Crippen LogP contribution in [0.15, 0.2) is 24.3 Å². The highest BCUT2D eigenvalue weighted by atomic mass is 16.1. The number of nitrogens with one attached hydrogen (secondary N) is 2. The normalized spacial score (nSPS) is 13.6. The van der Waals surface area contributed by atoms with Crippen molar-refractivity contribution in [3.63, 3.8) is 0 Å². The van der Waals surface area contributed by atoms with Crippen molar-refractivity contribution in [3.05, 3.63) is 35.5 Å². The third kappa shape index (κ3) is 3.81. The number of unbranched alkanes of at least 4 members (excludes halogenated alkanes) is 1. The summed E-state index contributed by atoms with van der Waals surface area (Å²) in [4.78, 5) is 15.7. The molecular formula is C19H25N3O. The fourth-order valence-corrected chi connectivity index (χ4v) is 3.30. The number of hydrogen-bond acceptors (Lipinski definition) is 3. The summed E-state index contributed by atoms with van der Waals surface area (Å²) in [6.45, 7) is 3.25. The van der Waals surface area contributed by atoms with E-state index in [2.05, 4.69) is 34.9 Å². The van der Waals surface area contributed by atoms with Gasteiger partial charge in [-0.25, -0.2) is 0 Å².